The van der Waals surface area contributed by atoms with Crippen LogP contribution in [0.5, 0.6) is 0 Å². The van der Waals surface area contributed by atoms with Crippen molar-refractivity contribution in [2.45, 2.75) is 26.3 Å². The molecule has 2 N–H and O–H groups in total. The SMILES string of the molecule is CC(C)c1ncoc1Cn1c(=O)c(C#CC(=O)N(C)C)cc2cnc(Nc3ccc(N4CCNCC4)cc3)nc21. The number of carbonyl (C=O) groups is 1. The lowest BCUT2D eigenvalue weighted by molar-refractivity contribution is -0.122. The molecule has 4 heterocycles. The Morgan fingerprint density at radius 3 is 2.62 bits per heavy atom. The summed E-state index contributed by atoms with van der Waals surface area (Å²) in [5.41, 5.74) is 2.94. The molecule has 0 radical (unpaired) electrons. The summed E-state index contributed by atoms with van der Waals surface area (Å²) in [5, 5.41) is 7.21. The van der Waals surface area contributed by atoms with Crippen LogP contribution >= 0.6 is 0 Å². The van der Waals surface area contributed by atoms with E-state index in [1.807, 2.05) is 26.0 Å². The van der Waals surface area contributed by atoms with Gasteiger partial charge in [-0.25, -0.2) is 9.97 Å². The zero-order valence-electron chi connectivity index (χ0n) is 23.1. The molecular weight excluding hydrogens is 508 g/mol. The molecule has 3 aromatic heterocycles. The number of rotatable bonds is 6. The van der Waals surface area contributed by atoms with E-state index >= 15 is 0 Å². The van der Waals surface area contributed by atoms with Crippen LogP contribution in [0.25, 0.3) is 11.0 Å². The monoisotopic (exact) mass is 540 g/mol. The number of aromatic nitrogens is 4. The van der Waals surface area contributed by atoms with Gasteiger partial charge in [0.2, 0.25) is 5.95 Å². The Morgan fingerprint density at radius 1 is 1.18 bits per heavy atom. The Balaban J connectivity index is 1.52. The highest BCUT2D eigenvalue weighted by Gasteiger charge is 2.18. The minimum Gasteiger partial charge on any atom is -0.446 e. The highest BCUT2D eigenvalue weighted by Crippen LogP contribution is 2.23. The molecule has 1 aliphatic rings. The van der Waals surface area contributed by atoms with Crippen LogP contribution < -0.4 is 21.1 Å². The summed E-state index contributed by atoms with van der Waals surface area (Å²) in [4.78, 5) is 42.9. The number of benzene rings is 1. The summed E-state index contributed by atoms with van der Waals surface area (Å²) in [6.07, 6.45) is 3.02. The molecule has 40 heavy (non-hydrogen) atoms. The van der Waals surface area contributed by atoms with E-state index in [0.29, 0.717) is 22.7 Å². The predicted octanol–water partition coefficient (Wildman–Crippen LogP) is 2.54. The third kappa shape index (κ3) is 5.82. The van der Waals surface area contributed by atoms with Gasteiger partial charge in [-0.05, 0) is 36.2 Å². The van der Waals surface area contributed by atoms with E-state index in [-0.39, 0.29) is 23.6 Å². The lowest BCUT2D eigenvalue weighted by Gasteiger charge is -2.29. The van der Waals surface area contributed by atoms with E-state index in [4.69, 9.17) is 9.40 Å². The van der Waals surface area contributed by atoms with Crippen molar-refractivity contribution in [3.63, 3.8) is 0 Å². The molecule has 0 saturated carbocycles. The number of oxazole rings is 1. The fraction of sp³-hybridized carbons (Fsp3) is 0.345. The summed E-state index contributed by atoms with van der Waals surface area (Å²) in [5.74, 6) is 5.86. The van der Waals surface area contributed by atoms with Crippen molar-refractivity contribution in [2.75, 3.05) is 50.5 Å². The van der Waals surface area contributed by atoms with Crippen LogP contribution in [0.4, 0.5) is 17.3 Å². The van der Waals surface area contributed by atoms with Crippen LogP contribution in [-0.4, -0.2) is 70.6 Å². The lowest BCUT2D eigenvalue weighted by atomic mass is 10.1. The Hall–Kier alpha value is -4.69. The lowest BCUT2D eigenvalue weighted by Crippen LogP contribution is -2.43. The first-order chi connectivity index (χ1) is 19.3. The first-order valence-electron chi connectivity index (χ1n) is 13.2. The summed E-state index contributed by atoms with van der Waals surface area (Å²) in [6, 6.07) is 9.73. The molecule has 1 saturated heterocycles. The van der Waals surface area contributed by atoms with Crippen molar-refractivity contribution in [2.24, 2.45) is 0 Å². The van der Waals surface area contributed by atoms with Gasteiger partial charge in [-0.1, -0.05) is 19.8 Å². The van der Waals surface area contributed by atoms with Gasteiger partial charge in [0.15, 0.2) is 6.39 Å². The largest absolute Gasteiger partial charge is 0.446 e. The van der Waals surface area contributed by atoms with Crippen LogP contribution in [0.2, 0.25) is 0 Å². The van der Waals surface area contributed by atoms with Crippen molar-refractivity contribution in [1.29, 1.82) is 0 Å². The molecule has 0 bridgehead atoms. The second kappa shape index (κ2) is 11.6. The smallest absolute Gasteiger partial charge is 0.298 e. The molecular formula is C29H32N8O3. The predicted molar refractivity (Wildman–Crippen MR) is 154 cm³/mol. The molecule has 11 nitrogen and oxygen atoms in total. The number of piperazine rings is 1. The van der Waals surface area contributed by atoms with Gasteiger partial charge < -0.3 is 24.9 Å². The third-order valence-electron chi connectivity index (χ3n) is 6.66. The normalized spacial score (nSPS) is 13.3. The topological polar surface area (TPSA) is 121 Å². The number of amides is 1. The zero-order chi connectivity index (χ0) is 28.2. The second-order valence-electron chi connectivity index (χ2n) is 10.1. The van der Waals surface area contributed by atoms with E-state index in [9.17, 15) is 9.59 Å². The number of hydrogen-bond acceptors (Lipinski definition) is 9. The molecule has 1 amide bonds. The van der Waals surface area contributed by atoms with Gasteiger partial charge in [0.1, 0.15) is 11.4 Å². The summed E-state index contributed by atoms with van der Waals surface area (Å²) in [7, 11) is 3.21. The van der Waals surface area contributed by atoms with E-state index in [2.05, 4.69) is 49.5 Å². The molecule has 0 atom stereocenters. The third-order valence-corrected chi connectivity index (χ3v) is 6.66. The van der Waals surface area contributed by atoms with Gasteiger partial charge in [0, 0.05) is 69.2 Å². The van der Waals surface area contributed by atoms with Crippen molar-refractivity contribution in [3.8, 4) is 11.8 Å². The molecule has 4 aromatic rings. The first kappa shape index (κ1) is 26.9. The Morgan fingerprint density at radius 2 is 1.93 bits per heavy atom. The maximum Gasteiger partial charge on any atom is 0.298 e. The van der Waals surface area contributed by atoms with Crippen LogP contribution in [0, 0.1) is 11.8 Å². The molecule has 11 heteroatoms. The van der Waals surface area contributed by atoms with Crippen LogP contribution in [0.1, 0.15) is 36.8 Å². The second-order valence-corrected chi connectivity index (χ2v) is 10.1. The van der Waals surface area contributed by atoms with E-state index in [1.54, 1.807) is 26.4 Å². The highest BCUT2D eigenvalue weighted by molar-refractivity contribution is 5.94. The zero-order valence-corrected chi connectivity index (χ0v) is 23.1. The maximum atomic E-state index is 13.6. The Labute approximate surface area is 232 Å². The number of pyridine rings is 1. The molecule has 0 spiro atoms. The van der Waals surface area contributed by atoms with Gasteiger partial charge >= 0.3 is 0 Å². The molecule has 1 aliphatic heterocycles. The summed E-state index contributed by atoms with van der Waals surface area (Å²) in [6.45, 7) is 8.01. The Kier molecular flexibility index (Phi) is 7.79. The van der Waals surface area contributed by atoms with Crippen LogP contribution in [0.15, 0.2) is 52.1 Å². The van der Waals surface area contributed by atoms with Gasteiger partial charge in [-0.2, -0.15) is 4.98 Å². The molecule has 0 aliphatic carbocycles. The molecule has 1 fully saturated rings. The van der Waals surface area contributed by atoms with Crippen molar-refractivity contribution in [1.82, 2.24) is 29.7 Å². The average Bonchev–Trinajstić information content (AvgIpc) is 3.43. The minimum absolute atomic E-state index is 0.104. The molecule has 206 valence electrons. The quantitative estimate of drug-likeness (QED) is 0.355. The minimum atomic E-state index is -0.401. The van der Waals surface area contributed by atoms with Crippen molar-refractivity contribution >= 4 is 34.3 Å². The van der Waals surface area contributed by atoms with Gasteiger partial charge in [0.05, 0.1) is 17.8 Å². The number of nitrogens with one attached hydrogen (secondary N) is 2. The van der Waals surface area contributed by atoms with Crippen LogP contribution in [0.3, 0.4) is 0 Å². The number of nitrogens with zero attached hydrogens (tertiary/aromatic N) is 6. The molecule has 5 rings (SSSR count). The van der Waals surface area contributed by atoms with Gasteiger partial charge in [-0.3, -0.25) is 14.2 Å². The van der Waals surface area contributed by atoms with E-state index in [0.717, 1.165) is 43.2 Å². The van der Waals surface area contributed by atoms with E-state index in [1.165, 1.54) is 15.9 Å². The number of fused-ring (bicyclic) bond motifs is 1. The van der Waals surface area contributed by atoms with Crippen LogP contribution in [-0.2, 0) is 11.3 Å². The van der Waals surface area contributed by atoms with Crippen molar-refractivity contribution < 1.29 is 9.21 Å². The fourth-order valence-electron chi connectivity index (χ4n) is 4.51. The van der Waals surface area contributed by atoms with Gasteiger partial charge in [-0.15, -0.1) is 0 Å². The molecule has 0 unspecified atom stereocenters. The average molecular weight is 541 g/mol. The Bertz CT molecular complexity index is 1640. The standard InChI is InChI=1S/C29H32N8O3/c1-19(2)26-24(40-18-32-26)17-37-27-21(15-20(28(37)39)5-10-25(38)35(3)4)16-31-29(34-27)33-22-6-8-23(9-7-22)36-13-11-30-12-14-36/h6-9,15-16,18-19,30H,11-14,17H2,1-4H3,(H,31,33,34). The number of hydrogen-bond donors (Lipinski definition) is 2. The van der Waals surface area contributed by atoms with Gasteiger partial charge in [0.25, 0.3) is 11.5 Å². The van der Waals surface area contributed by atoms with Crippen molar-refractivity contribution in [3.05, 3.63) is 70.3 Å². The number of carbonyl (C=O) groups excluding carboxylic acids is 1. The van der Waals surface area contributed by atoms with E-state index < -0.39 is 5.91 Å². The summed E-state index contributed by atoms with van der Waals surface area (Å²) < 4.78 is 7.15. The summed E-state index contributed by atoms with van der Waals surface area (Å²) >= 11 is 0. The first-order valence-corrected chi connectivity index (χ1v) is 13.2. The highest BCUT2D eigenvalue weighted by atomic mass is 16.3. The molecule has 1 aromatic carbocycles. The number of anilines is 3. The maximum absolute atomic E-state index is 13.6. The fourth-order valence-corrected chi connectivity index (χ4v) is 4.51.